The van der Waals surface area contributed by atoms with Gasteiger partial charge >= 0.3 is 11.4 Å². The maximum atomic E-state index is 13.1. The minimum Gasteiger partial charge on any atom is -0.258 e. The van der Waals surface area contributed by atoms with Crippen LogP contribution in [0.5, 0.6) is 0 Å². The van der Waals surface area contributed by atoms with Crippen molar-refractivity contribution in [2.75, 3.05) is 0 Å². The van der Waals surface area contributed by atoms with Crippen LogP contribution in [0.15, 0.2) is 12.1 Å². The van der Waals surface area contributed by atoms with Crippen molar-refractivity contribution >= 4 is 11.4 Å². The zero-order chi connectivity index (χ0) is 10.9. The van der Waals surface area contributed by atoms with Gasteiger partial charge in [0.05, 0.1) is 9.85 Å². The summed E-state index contributed by atoms with van der Waals surface area (Å²) in [5, 5.41) is 20.6. The summed E-state index contributed by atoms with van der Waals surface area (Å²) in [6, 6.07) is 1.89. The van der Waals surface area contributed by atoms with Gasteiger partial charge in [-0.05, 0) is 12.5 Å². The number of rotatable bonds is 2. The molecule has 1 rings (SSSR count). The highest BCUT2D eigenvalue weighted by molar-refractivity contribution is 5.48. The average molecular weight is 200 g/mol. The quantitative estimate of drug-likeness (QED) is 0.539. The first kappa shape index (κ1) is 10.0. The second-order valence-corrected chi connectivity index (χ2v) is 2.63. The number of halogens is 1. The topological polar surface area (TPSA) is 86.3 Å². The molecule has 0 aliphatic rings. The maximum Gasteiger partial charge on any atom is 0.312 e. The molecule has 74 valence electrons. The van der Waals surface area contributed by atoms with Crippen molar-refractivity contribution in [3.8, 4) is 0 Å². The summed E-state index contributed by atoms with van der Waals surface area (Å²) in [6.07, 6.45) is 0. The predicted octanol–water partition coefficient (Wildman–Crippen LogP) is 1.95. The van der Waals surface area contributed by atoms with Gasteiger partial charge in [-0.15, -0.1) is 0 Å². The Morgan fingerprint density at radius 3 is 1.79 bits per heavy atom. The Labute approximate surface area is 77.3 Å². The Kier molecular flexibility index (Phi) is 2.41. The van der Waals surface area contributed by atoms with Gasteiger partial charge < -0.3 is 0 Å². The van der Waals surface area contributed by atoms with Gasteiger partial charge in [-0.2, -0.15) is 4.39 Å². The van der Waals surface area contributed by atoms with Gasteiger partial charge in [0.2, 0.25) is 0 Å². The van der Waals surface area contributed by atoms with Crippen LogP contribution in [0.1, 0.15) is 5.56 Å². The van der Waals surface area contributed by atoms with Crippen molar-refractivity contribution in [3.05, 3.63) is 43.7 Å². The lowest BCUT2D eigenvalue weighted by Gasteiger charge is -1.97. The zero-order valence-corrected chi connectivity index (χ0v) is 7.06. The van der Waals surface area contributed by atoms with E-state index >= 15 is 0 Å². The number of aryl methyl sites for hydroxylation is 1. The molecule has 0 saturated heterocycles. The Hall–Kier alpha value is -2.05. The molecule has 14 heavy (non-hydrogen) atoms. The molecule has 0 spiro atoms. The van der Waals surface area contributed by atoms with E-state index in [2.05, 4.69) is 0 Å². The molecule has 0 atom stereocenters. The third-order valence-corrected chi connectivity index (χ3v) is 1.57. The molecule has 0 fully saturated rings. The largest absolute Gasteiger partial charge is 0.312 e. The molecule has 0 radical (unpaired) electrons. The lowest BCUT2D eigenvalue weighted by molar-refractivity contribution is -0.399. The van der Waals surface area contributed by atoms with E-state index in [1.165, 1.54) is 6.92 Å². The second-order valence-electron chi connectivity index (χ2n) is 2.63. The lowest BCUT2D eigenvalue weighted by Crippen LogP contribution is -1.99. The summed E-state index contributed by atoms with van der Waals surface area (Å²) < 4.78 is 13.1. The van der Waals surface area contributed by atoms with Crippen molar-refractivity contribution in [2.45, 2.75) is 6.92 Å². The Morgan fingerprint density at radius 2 is 1.50 bits per heavy atom. The first-order valence-corrected chi connectivity index (χ1v) is 3.52. The third kappa shape index (κ3) is 1.65. The van der Waals surface area contributed by atoms with Crippen LogP contribution in [-0.4, -0.2) is 9.85 Å². The van der Waals surface area contributed by atoms with Gasteiger partial charge in [0.25, 0.3) is 5.82 Å². The minimum absolute atomic E-state index is 0.268. The number of nitro groups is 2. The summed E-state index contributed by atoms with van der Waals surface area (Å²) in [5.74, 6) is -1.41. The van der Waals surface area contributed by atoms with Crippen LogP contribution in [0.3, 0.4) is 0 Å². The van der Waals surface area contributed by atoms with Gasteiger partial charge in [-0.25, -0.2) is 0 Å². The van der Waals surface area contributed by atoms with Crippen LogP contribution in [0.4, 0.5) is 15.8 Å². The molecular formula is C7H5FN2O4. The smallest absolute Gasteiger partial charge is 0.258 e. The second kappa shape index (κ2) is 3.36. The number of hydrogen-bond donors (Lipinski definition) is 0. The molecule has 1 aromatic rings. The van der Waals surface area contributed by atoms with Crippen LogP contribution >= 0.6 is 0 Å². The molecule has 0 amide bonds. The van der Waals surface area contributed by atoms with E-state index in [1.807, 2.05) is 0 Å². The maximum absolute atomic E-state index is 13.1. The van der Waals surface area contributed by atoms with Gasteiger partial charge in [0.15, 0.2) is 0 Å². The lowest BCUT2D eigenvalue weighted by atomic mass is 10.2. The molecule has 0 heterocycles. The highest BCUT2D eigenvalue weighted by Gasteiger charge is 2.25. The molecule has 7 heteroatoms. The fourth-order valence-corrected chi connectivity index (χ4v) is 0.997. The first-order chi connectivity index (χ1) is 6.43. The Bertz CT molecular complexity index is 383. The van der Waals surface area contributed by atoms with Gasteiger partial charge in [-0.1, -0.05) is 0 Å². The van der Waals surface area contributed by atoms with E-state index in [0.29, 0.717) is 0 Å². The van der Waals surface area contributed by atoms with E-state index in [4.69, 9.17) is 0 Å². The predicted molar refractivity (Wildman–Crippen MR) is 44.4 cm³/mol. The molecule has 0 N–H and O–H groups in total. The van der Waals surface area contributed by atoms with Crippen molar-refractivity contribution in [1.29, 1.82) is 0 Å². The number of nitrogens with zero attached hydrogens (tertiary/aromatic N) is 2. The van der Waals surface area contributed by atoms with Crippen LogP contribution < -0.4 is 0 Å². The molecule has 0 aromatic heterocycles. The van der Waals surface area contributed by atoms with Crippen LogP contribution in [0.25, 0.3) is 0 Å². The zero-order valence-electron chi connectivity index (χ0n) is 7.06. The summed E-state index contributed by atoms with van der Waals surface area (Å²) in [6.45, 7) is 1.42. The molecule has 0 bridgehead atoms. The number of nitro benzene ring substituents is 2. The normalized spacial score (nSPS) is 9.86. The van der Waals surface area contributed by atoms with Crippen LogP contribution in [0.2, 0.25) is 0 Å². The van der Waals surface area contributed by atoms with Crippen LogP contribution in [0, 0.1) is 33.0 Å². The Balaban J connectivity index is 3.47. The summed E-state index contributed by atoms with van der Waals surface area (Å²) in [4.78, 5) is 18.6. The van der Waals surface area contributed by atoms with E-state index in [0.717, 1.165) is 12.1 Å². The standard InChI is InChI=1S/C7H5FN2O4/c1-4-2-5(9(11)12)7(8)6(3-4)10(13)14/h2-3H,1H3. The molecular weight excluding hydrogens is 195 g/mol. The molecule has 0 saturated carbocycles. The summed E-state index contributed by atoms with van der Waals surface area (Å²) >= 11 is 0. The van der Waals surface area contributed by atoms with E-state index in [9.17, 15) is 24.6 Å². The SMILES string of the molecule is Cc1cc([N+](=O)[O-])c(F)c([N+](=O)[O-])c1. The molecule has 0 aliphatic carbocycles. The number of hydrogen-bond acceptors (Lipinski definition) is 4. The van der Waals surface area contributed by atoms with E-state index in [-0.39, 0.29) is 5.56 Å². The minimum atomic E-state index is -1.41. The highest BCUT2D eigenvalue weighted by Crippen LogP contribution is 2.27. The first-order valence-electron chi connectivity index (χ1n) is 3.52. The number of benzene rings is 1. The summed E-state index contributed by atoms with van der Waals surface area (Å²) in [5.41, 5.74) is -1.49. The summed E-state index contributed by atoms with van der Waals surface area (Å²) in [7, 11) is 0. The van der Waals surface area contributed by atoms with E-state index in [1.54, 1.807) is 0 Å². The van der Waals surface area contributed by atoms with Crippen LogP contribution in [-0.2, 0) is 0 Å². The van der Waals surface area contributed by atoms with Gasteiger partial charge in [-0.3, -0.25) is 20.2 Å². The van der Waals surface area contributed by atoms with Gasteiger partial charge in [0, 0.05) is 12.1 Å². The van der Waals surface area contributed by atoms with Crippen molar-refractivity contribution in [1.82, 2.24) is 0 Å². The molecule has 0 unspecified atom stereocenters. The molecule has 0 aliphatic heterocycles. The Morgan fingerprint density at radius 1 is 1.14 bits per heavy atom. The van der Waals surface area contributed by atoms with Crippen molar-refractivity contribution < 1.29 is 14.2 Å². The average Bonchev–Trinajstić information content (AvgIpc) is 2.07. The fourth-order valence-electron chi connectivity index (χ4n) is 0.997. The monoisotopic (exact) mass is 200 g/mol. The fraction of sp³-hybridized carbons (Fsp3) is 0.143. The van der Waals surface area contributed by atoms with Crippen molar-refractivity contribution in [2.24, 2.45) is 0 Å². The third-order valence-electron chi connectivity index (χ3n) is 1.57. The van der Waals surface area contributed by atoms with E-state index < -0.39 is 27.0 Å². The highest BCUT2D eigenvalue weighted by atomic mass is 19.1. The molecule has 1 aromatic carbocycles. The van der Waals surface area contributed by atoms with Crippen molar-refractivity contribution in [3.63, 3.8) is 0 Å². The van der Waals surface area contributed by atoms with Gasteiger partial charge in [0.1, 0.15) is 0 Å². The molecule has 6 nitrogen and oxygen atoms in total.